The van der Waals surface area contributed by atoms with Gasteiger partial charge >= 0.3 is 6.09 Å². The molecule has 1 aromatic rings. The van der Waals surface area contributed by atoms with Gasteiger partial charge in [0.15, 0.2) is 5.16 Å². The van der Waals surface area contributed by atoms with E-state index in [0.29, 0.717) is 16.2 Å². The van der Waals surface area contributed by atoms with E-state index in [1.807, 2.05) is 27.7 Å². The number of rotatable bonds is 3. The molecule has 122 valence electrons. The molecule has 2 rings (SSSR count). The van der Waals surface area contributed by atoms with Crippen LogP contribution in [0.1, 0.15) is 32.9 Å². The topological polar surface area (TPSA) is 55.3 Å². The Balaban J connectivity index is 1.82. The second-order valence-electron chi connectivity index (χ2n) is 6.51. The number of aryl methyl sites for hydroxylation is 1. The summed E-state index contributed by atoms with van der Waals surface area (Å²) < 4.78 is 5.40. The fourth-order valence-corrected chi connectivity index (χ4v) is 3.54. The van der Waals surface area contributed by atoms with E-state index < -0.39 is 5.60 Å². The number of halogens is 1. The molecule has 5 nitrogen and oxygen atoms in total. The number of hydrogen-bond acceptors (Lipinski definition) is 5. The van der Waals surface area contributed by atoms with Gasteiger partial charge in [0.25, 0.3) is 0 Å². The van der Waals surface area contributed by atoms with Crippen LogP contribution in [0.15, 0.2) is 11.2 Å². The number of thioether (sulfide) groups is 1. The van der Waals surface area contributed by atoms with E-state index in [1.165, 1.54) is 0 Å². The van der Waals surface area contributed by atoms with Crippen molar-refractivity contribution in [3.63, 3.8) is 0 Å². The van der Waals surface area contributed by atoms with Crippen LogP contribution in [0.5, 0.6) is 0 Å². The number of nitrogens with zero attached hydrogens (tertiary/aromatic N) is 3. The molecule has 0 N–H and O–H groups in total. The maximum absolute atomic E-state index is 12.0. The fraction of sp³-hybridized carbons (Fsp3) is 0.667. The molecule has 1 aliphatic heterocycles. The summed E-state index contributed by atoms with van der Waals surface area (Å²) in [5.41, 5.74) is 0.417. The maximum Gasteiger partial charge on any atom is 0.410 e. The van der Waals surface area contributed by atoms with Crippen molar-refractivity contribution in [1.29, 1.82) is 0 Å². The predicted molar refractivity (Wildman–Crippen MR) is 88.4 cm³/mol. The summed E-state index contributed by atoms with van der Waals surface area (Å²) in [6.45, 7) is 9.02. The molecule has 0 bridgehead atoms. The molecular formula is C15H22ClN3O2S. The molecule has 0 spiro atoms. The van der Waals surface area contributed by atoms with Gasteiger partial charge in [-0.1, -0.05) is 23.4 Å². The molecule has 0 aromatic carbocycles. The molecule has 1 fully saturated rings. The van der Waals surface area contributed by atoms with Gasteiger partial charge in [-0.25, -0.2) is 14.8 Å². The lowest BCUT2D eigenvalue weighted by Gasteiger charge is -2.24. The standard InChI is InChI=1S/C15H22ClN3O2S/c1-10-7-12(16)18-13(17-10)22-9-11-5-6-19(8-11)14(20)21-15(2,3)4/h7,11H,5-6,8-9H2,1-4H3. The molecule has 2 heterocycles. The minimum Gasteiger partial charge on any atom is -0.444 e. The van der Waals surface area contributed by atoms with Crippen LogP contribution in [0, 0.1) is 12.8 Å². The summed E-state index contributed by atoms with van der Waals surface area (Å²) in [6, 6.07) is 1.74. The zero-order valence-corrected chi connectivity index (χ0v) is 15.0. The number of amides is 1. The molecule has 1 unspecified atom stereocenters. The Morgan fingerprint density at radius 3 is 2.86 bits per heavy atom. The van der Waals surface area contributed by atoms with Crippen molar-refractivity contribution in [1.82, 2.24) is 14.9 Å². The molecular weight excluding hydrogens is 322 g/mol. The molecule has 0 radical (unpaired) electrons. The third-order valence-corrected chi connectivity index (χ3v) is 4.46. The highest BCUT2D eigenvalue weighted by molar-refractivity contribution is 7.99. The van der Waals surface area contributed by atoms with Crippen molar-refractivity contribution in [2.75, 3.05) is 18.8 Å². The van der Waals surface area contributed by atoms with Crippen molar-refractivity contribution in [2.45, 2.75) is 44.9 Å². The van der Waals surface area contributed by atoms with Crippen molar-refractivity contribution in [3.05, 3.63) is 16.9 Å². The number of ether oxygens (including phenoxy) is 1. The Kier molecular flexibility index (Phi) is 5.55. The Morgan fingerprint density at radius 2 is 2.23 bits per heavy atom. The summed E-state index contributed by atoms with van der Waals surface area (Å²) in [5, 5.41) is 1.16. The molecule has 7 heteroatoms. The van der Waals surface area contributed by atoms with E-state index >= 15 is 0 Å². The second-order valence-corrected chi connectivity index (χ2v) is 7.88. The van der Waals surface area contributed by atoms with Gasteiger partial charge in [0, 0.05) is 24.5 Å². The average Bonchev–Trinajstić information content (AvgIpc) is 2.82. The van der Waals surface area contributed by atoms with Gasteiger partial charge in [0.1, 0.15) is 10.8 Å². The molecule has 1 saturated heterocycles. The maximum atomic E-state index is 12.0. The molecule has 1 aromatic heterocycles. The number of hydrogen-bond donors (Lipinski definition) is 0. The minimum atomic E-state index is -0.448. The smallest absolute Gasteiger partial charge is 0.410 e. The Morgan fingerprint density at radius 1 is 1.50 bits per heavy atom. The first-order chi connectivity index (χ1) is 10.2. The van der Waals surface area contributed by atoms with Crippen LogP contribution in [0.3, 0.4) is 0 Å². The third kappa shape index (κ3) is 5.32. The molecule has 1 amide bonds. The quantitative estimate of drug-likeness (QED) is 0.475. The van der Waals surface area contributed by atoms with E-state index in [2.05, 4.69) is 9.97 Å². The molecule has 0 aliphatic carbocycles. The van der Waals surface area contributed by atoms with Crippen molar-refractivity contribution >= 4 is 29.5 Å². The van der Waals surface area contributed by atoms with Crippen LogP contribution in [-0.2, 0) is 4.74 Å². The lowest BCUT2D eigenvalue weighted by molar-refractivity contribution is 0.0289. The number of likely N-dealkylation sites (tertiary alicyclic amines) is 1. The van der Waals surface area contributed by atoms with Crippen LogP contribution < -0.4 is 0 Å². The number of aromatic nitrogens is 2. The molecule has 0 saturated carbocycles. The van der Waals surface area contributed by atoms with Gasteiger partial charge in [-0.3, -0.25) is 0 Å². The summed E-state index contributed by atoms with van der Waals surface area (Å²) in [5.74, 6) is 1.31. The highest BCUT2D eigenvalue weighted by Crippen LogP contribution is 2.26. The van der Waals surface area contributed by atoms with Gasteiger partial charge in [-0.15, -0.1) is 0 Å². The SMILES string of the molecule is Cc1cc(Cl)nc(SCC2CCN(C(=O)OC(C)(C)C)C2)n1. The first-order valence-electron chi connectivity index (χ1n) is 7.35. The Hall–Kier alpha value is -1.01. The Bertz CT molecular complexity index is 528. The monoisotopic (exact) mass is 343 g/mol. The molecule has 22 heavy (non-hydrogen) atoms. The predicted octanol–water partition coefficient (Wildman–Crippen LogP) is 3.79. The molecule has 1 aliphatic rings. The van der Waals surface area contributed by atoms with Crippen LogP contribution in [0.25, 0.3) is 0 Å². The fourth-order valence-electron chi connectivity index (χ4n) is 2.22. The van der Waals surface area contributed by atoms with Crippen LogP contribution in [0.2, 0.25) is 5.15 Å². The highest BCUT2D eigenvalue weighted by Gasteiger charge is 2.29. The number of carbonyl (C=O) groups is 1. The molecule has 1 atom stereocenters. The summed E-state index contributed by atoms with van der Waals surface area (Å²) in [6.07, 6.45) is 0.751. The van der Waals surface area contributed by atoms with Crippen LogP contribution in [-0.4, -0.2) is 45.4 Å². The summed E-state index contributed by atoms with van der Waals surface area (Å²) >= 11 is 7.53. The largest absolute Gasteiger partial charge is 0.444 e. The second kappa shape index (κ2) is 7.04. The van der Waals surface area contributed by atoms with Crippen LogP contribution in [0.4, 0.5) is 4.79 Å². The lowest BCUT2D eigenvalue weighted by atomic mass is 10.2. The van der Waals surface area contributed by atoms with Gasteiger partial charge < -0.3 is 9.64 Å². The number of carbonyl (C=O) groups excluding carboxylic acids is 1. The first-order valence-corrected chi connectivity index (χ1v) is 8.71. The zero-order chi connectivity index (χ0) is 16.3. The van der Waals surface area contributed by atoms with Crippen molar-refractivity contribution in [2.24, 2.45) is 5.92 Å². The lowest BCUT2D eigenvalue weighted by Crippen LogP contribution is -2.35. The van der Waals surface area contributed by atoms with Gasteiger partial charge in [-0.05, 0) is 46.1 Å². The van der Waals surface area contributed by atoms with E-state index in [1.54, 1.807) is 22.7 Å². The van der Waals surface area contributed by atoms with E-state index in [9.17, 15) is 4.79 Å². The summed E-state index contributed by atoms with van der Waals surface area (Å²) in [7, 11) is 0. The highest BCUT2D eigenvalue weighted by atomic mass is 35.5. The average molecular weight is 344 g/mol. The van der Waals surface area contributed by atoms with Crippen LogP contribution >= 0.6 is 23.4 Å². The first kappa shape index (κ1) is 17.3. The minimum absolute atomic E-state index is 0.227. The zero-order valence-electron chi connectivity index (χ0n) is 13.4. The van der Waals surface area contributed by atoms with Gasteiger partial charge in [0.2, 0.25) is 0 Å². The van der Waals surface area contributed by atoms with Gasteiger partial charge in [0.05, 0.1) is 0 Å². The summed E-state index contributed by atoms with van der Waals surface area (Å²) in [4.78, 5) is 22.4. The van der Waals surface area contributed by atoms with E-state index in [4.69, 9.17) is 16.3 Å². The Labute approximate surface area is 140 Å². The normalized spacial score (nSPS) is 18.6. The van der Waals surface area contributed by atoms with Crippen molar-refractivity contribution < 1.29 is 9.53 Å². The van der Waals surface area contributed by atoms with E-state index in [0.717, 1.165) is 31.0 Å². The third-order valence-electron chi connectivity index (χ3n) is 3.19. The van der Waals surface area contributed by atoms with Gasteiger partial charge in [-0.2, -0.15) is 0 Å². The van der Waals surface area contributed by atoms with E-state index in [-0.39, 0.29) is 6.09 Å². The van der Waals surface area contributed by atoms with Crippen molar-refractivity contribution in [3.8, 4) is 0 Å².